The molecule has 0 aliphatic rings. The molecule has 5 nitrogen and oxygen atoms in total. The van der Waals surface area contributed by atoms with Gasteiger partial charge in [-0.05, 0) is 61.7 Å². The van der Waals surface area contributed by atoms with Crippen molar-refractivity contribution in [3.63, 3.8) is 0 Å². The molecule has 0 N–H and O–H groups in total. The highest BCUT2D eigenvalue weighted by Crippen LogP contribution is 2.34. The van der Waals surface area contributed by atoms with Crippen molar-refractivity contribution in [1.29, 1.82) is 0 Å². The van der Waals surface area contributed by atoms with Crippen LogP contribution in [0.2, 0.25) is 5.02 Å². The number of thiazole rings is 1. The molecule has 0 aliphatic carbocycles. The average Bonchev–Trinajstić information content (AvgIpc) is 3.35. The first-order valence-corrected chi connectivity index (χ1v) is 13.1. The second-order valence-electron chi connectivity index (χ2n) is 8.28. The van der Waals surface area contributed by atoms with Gasteiger partial charge >= 0.3 is 0 Å². The van der Waals surface area contributed by atoms with E-state index in [-0.39, 0.29) is 5.91 Å². The van der Waals surface area contributed by atoms with Crippen LogP contribution in [0.15, 0.2) is 53.4 Å². The standard InChI is InChI=1S/C25H27ClN4OS2/c1-16(2)21-6-5-7-22-24(21)27-25(33-22)29(12-13-30-18(4)14-17(3)28-30)23(31)15-32-20-10-8-19(26)9-11-20/h5-11,14,16H,12-13,15H2,1-4H3. The van der Waals surface area contributed by atoms with Gasteiger partial charge in [0.2, 0.25) is 5.91 Å². The second kappa shape index (κ2) is 10.3. The summed E-state index contributed by atoms with van der Waals surface area (Å²) >= 11 is 9.07. The zero-order valence-corrected chi connectivity index (χ0v) is 21.6. The Morgan fingerprint density at radius 2 is 1.94 bits per heavy atom. The molecule has 0 fully saturated rings. The van der Waals surface area contributed by atoms with Gasteiger partial charge in [-0.2, -0.15) is 5.10 Å². The van der Waals surface area contributed by atoms with Gasteiger partial charge in [0.1, 0.15) is 0 Å². The Morgan fingerprint density at radius 3 is 2.61 bits per heavy atom. The third-order valence-corrected chi connectivity index (χ3v) is 7.70. The zero-order valence-electron chi connectivity index (χ0n) is 19.2. The lowest BCUT2D eigenvalue weighted by Gasteiger charge is -2.20. The third-order valence-electron chi connectivity index (χ3n) is 5.41. The highest BCUT2D eigenvalue weighted by atomic mass is 35.5. The highest BCUT2D eigenvalue weighted by Gasteiger charge is 2.22. The molecule has 2 aromatic carbocycles. The van der Waals surface area contributed by atoms with E-state index in [0.29, 0.717) is 29.8 Å². The summed E-state index contributed by atoms with van der Waals surface area (Å²) in [6, 6.07) is 15.9. The molecule has 0 saturated carbocycles. The van der Waals surface area contributed by atoms with E-state index < -0.39 is 0 Å². The maximum atomic E-state index is 13.4. The van der Waals surface area contributed by atoms with Crippen LogP contribution in [-0.4, -0.2) is 33.0 Å². The summed E-state index contributed by atoms with van der Waals surface area (Å²) in [6.07, 6.45) is 0. The lowest BCUT2D eigenvalue weighted by Crippen LogP contribution is -2.35. The van der Waals surface area contributed by atoms with E-state index in [1.54, 1.807) is 11.3 Å². The Kier molecular flexibility index (Phi) is 7.41. The van der Waals surface area contributed by atoms with Gasteiger partial charge in [0.15, 0.2) is 5.13 Å². The van der Waals surface area contributed by atoms with Gasteiger partial charge in [-0.3, -0.25) is 14.4 Å². The number of carbonyl (C=O) groups is 1. The summed E-state index contributed by atoms with van der Waals surface area (Å²) in [6.45, 7) is 9.48. The van der Waals surface area contributed by atoms with Crippen LogP contribution in [-0.2, 0) is 11.3 Å². The lowest BCUT2D eigenvalue weighted by molar-refractivity contribution is -0.116. The van der Waals surface area contributed by atoms with Crippen molar-refractivity contribution < 1.29 is 4.79 Å². The summed E-state index contributed by atoms with van der Waals surface area (Å²) in [5, 5.41) is 5.99. The van der Waals surface area contributed by atoms with Crippen LogP contribution in [0, 0.1) is 13.8 Å². The minimum absolute atomic E-state index is 0.0293. The largest absolute Gasteiger partial charge is 0.285 e. The van der Waals surface area contributed by atoms with Crippen molar-refractivity contribution in [3.05, 3.63) is 70.5 Å². The van der Waals surface area contributed by atoms with Gasteiger partial charge in [-0.15, -0.1) is 11.8 Å². The molecule has 0 atom stereocenters. The predicted octanol–water partition coefficient (Wildman–Crippen LogP) is 6.71. The molecule has 0 bridgehead atoms. The van der Waals surface area contributed by atoms with Gasteiger partial charge in [0.25, 0.3) is 0 Å². The Bertz CT molecular complexity index is 1260. The Hall–Kier alpha value is -2.35. The van der Waals surface area contributed by atoms with Crippen molar-refractivity contribution in [2.75, 3.05) is 17.2 Å². The number of nitrogens with zero attached hydrogens (tertiary/aromatic N) is 4. The highest BCUT2D eigenvalue weighted by molar-refractivity contribution is 8.00. The zero-order chi connectivity index (χ0) is 23.5. The first-order valence-electron chi connectivity index (χ1n) is 10.9. The summed E-state index contributed by atoms with van der Waals surface area (Å²) in [7, 11) is 0. The molecule has 172 valence electrons. The number of amides is 1. The number of para-hydroxylation sites is 1. The number of fused-ring (bicyclic) bond motifs is 1. The molecule has 2 aromatic heterocycles. The van der Waals surface area contributed by atoms with E-state index in [4.69, 9.17) is 16.6 Å². The van der Waals surface area contributed by atoms with Gasteiger partial charge in [0, 0.05) is 22.2 Å². The van der Waals surface area contributed by atoms with Crippen LogP contribution in [0.3, 0.4) is 0 Å². The van der Waals surface area contributed by atoms with Gasteiger partial charge < -0.3 is 0 Å². The molecule has 4 aromatic rings. The molecule has 4 rings (SSSR count). The third kappa shape index (κ3) is 5.60. The number of carbonyl (C=O) groups excluding carboxylic acids is 1. The molecular formula is C25H27ClN4OS2. The molecule has 0 aliphatic heterocycles. The fourth-order valence-corrected chi connectivity index (χ4v) is 5.66. The topological polar surface area (TPSA) is 51.0 Å². The Morgan fingerprint density at radius 1 is 1.18 bits per heavy atom. The number of thioether (sulfide) groups is 1. The fourth-order valence-electron chi connectivity index (χ4n) is 3.72. The van der Waals surface area contributed by atoms with E-state index >= 15 is 0 Å². The summed E-state index contributed by atoms with van der Waals surface area (Å²) in [5.74, 6) is 0.718. The minimum atomic E-state index is 0.0293. The number of rotatable bonds is 8. The summed E-state index contributed by atoms with van der Waals surface area (Å²) in [5.41, 5.74) is 4.25. The maximum Gasteiger partial charge on any atom is 0.239 e. The molecule has 33 heavy (non-hydrogen) atoms. The molecule has 1 amide bonds. The van der Waals surface area contributed by atoms with Crippen molar-refractivity contribution in [2.24, 2.45) is 0 Å². The van der Waals surface area contributed by atoms with Crippen molar-refractivity contribution in [3.8, 4) is 0 Å². The van der Waals surface area contributed by atoms with E-state index in [9.17, 15) is 4.79 Å². The van der Waals surface area contributed by atoms with E-state index in [1.165, 1.54) is 17.3 Å². The van der Waals surface area contributed by atoms with Crippen LogP contribution in [0.25, 0.3) is 10.2 Å². The molecule has 2 heterocycles. The number of hydrogen-bond acceptors (Lipinski definition) is 5. The van der Waals surface area contributed by atoms with E-state index in [0.717, 1.165) is 31.6 Å². The van der Waals surface area contributed by atoms with Crippen molar-refractivity contribution in [1.82, 2.24) is 14.8 Å². The molecule has 0 radical (unpaired) electrons. The van der Waals surface area contributed by atoms with Crippen LogP contribution >= 0.6 is 34.7 Å². The molecular weight excluding hydrogens is 472 g/mol. The molecule has 0 unspecified atom stereocenters. The first kappa shape index (κ1) is 23.8. The number of anilines is 1. The minimum Gasteiger partial charge on any atom is -0.285 e. The van der Waals surface area contributed by atoms with Crippen LogP contribution in [0.5, 0.6) is 0 Å². The second-order valence-corrected chi connectivity index (χ2v) is 10.8. The lowest BCUT2D eigenvalue weighted by atomic mass is 10.0. The van der Waals surface area contributed by atoms with Crippen molar-refractivity contribution >= 4 is 56.0 Å². The van der Waals surface area contributed by atoms with Crippen LogP contribution in [0.1, 0.15) is 36.7 Å². The molecule has 0 spiro atoms. The molecule has 0 saturated heterocycles. The Labute approximate surface area is 207 Å². The van der Waals surface area contributed by atoms with Gasteiger partial charge in [-0.25, -0.2) is 4.98 Å². The Balaban J connectivity index is 1.60. The van der Waals surface area contributed by atoms with Crippen LogP contribution < -0.4 is 4.90 Å². The van der Waals surface area contributed by atoms with Gasteiger partial charge in [0.05, 0.1) is 28.2 Å². The fraction of sp³-hybridized carbons (Fsp3) is 0.320. The monoisotopic (exact) mass is 498 g/mol. The van der Waals surface area contributed by atoms with E-state index in [1.807, 2.05) is 47.7 Å². The first-order chi connectivity index (χ1) is 15.8. The number of halogens is 1. The average molecular weight is 499 g/mol. The smallest absolute Gasteiger partial charge is 0.239 e. The number of benzene rings is 2. The number of aromatic nitrogens is 3. The quantitative estimate of drug-likeness (QED) is 0.253. The summed E-state index contributed by atoms with van der Waals surface area (Å²) in [4.78, 5) is 21.2. The van der Waals surface area contributed by atoms with E-state index in [2.05, 4.69) is 43.2 Å². The van der Waals surface area contributed by atoms with Crippen molar-refractivity contribution in [2.45, 2.75) is 45.1 Å². The molecule has 8 heteroatoms. The van der Waals surface area contributed by atoms with Gasteiger partial charge in [-0.1, -0.05) is 48.9 Å². The number of hydrogen-bond donors (Lipinski definition) is 0. The predicted molar refractivity (Wildman–Crippen MR) is 140 cm³/mol. The SMILES string of the molecule is Cc1cc(C)n(CCN(C(=O)CSc2ccc(Cl)cc2)c2nc3c(C(C)C)cccc3s2)n1. The maximum absolute atomic E-state index is 13.4. The van der Waals surface area contributed by atoms with Crippen LogP contribution in [0.4, 0.5) is 5.13 Å². The number of aryl methyl sites for hydroxylation is 2. The normalized spacial score (nSPS) is 11.5. The summed E-state index contributed by atoms with van der Waals surface area (Å²) < 4.78 is 3.06.